The van der Waals surface area contributed by atoms with Gasteiger partial charge in [-0.3, -0.25) is 4.90 Å². The van der Waals surface area contributed by atoms with Crippen molar-refractivity contribution >= 4 is 0 Å². The van der Waals surface area contributed by atoms with E-state index < -0.39 is 5.60 Å². The molecular weight excluding hydrogens is 252 g/mol. The van der Waals surface area contributed by atoms with Crippen molar-refractivity contribution in [3.05, 3.63) is 17.5 Å². The summed E-state index contributed by atoms with van der Waals surface area (Å²) in [7, 11) is 0. The normalized spacial score (nSPS) is 35.5. The molecule has 20 heavy (non-hydrogen) atoms. The smallest absolute Gasteiger partial charge is 0.138 e. The van der Waals surface area contributed by atoms with E-state index in [0.29, 0.717) is 12.0 Å². The van der Waals surface area contributed by atoms with E-state index in [1.807, 2.05) is 20.0 Å². The van der Waals surface area contributed by atoms with Crippen molar-refractivity contribution in [2.45, 2.75) is 70.6 Å². The maximum Gasteiger partial charge on any atom is 0.138 e. The number of likely N-dealkylation sites (tertiary alicyclic amines) is 1. The van der Waals surface area contributed by atoms with Gasteiger partial charge >= 0.3 is 0 Å². The maximum atomic E-state index is 10.7. The molecule has 0 aromatic carbocycles. The second-order valence-corrected chi connectivity index (χ2v) is 6.80. The van der Waals surface area contributed by atoms with Crippen molar-refractivity contribution in [3.8, 4) is 0 Å². The first-order valence-electron chi connectivity index (χ1n) is 7.94. The van der Waals surface area contributed by atoms with Gasteiger partial charge in [0.1, 0.15) is 5.76 Å². The van der Waals surface area contributed by atoms with Crippen molar-refractivity contribution in [2.24, 2.45) is 5.92 Å². The Morgan fingerprint density at radius 3 is 2.95 bits per heavy atom. The minimum absolute atomic E-state index is 0.416. The zero-order chi connectivity index (χ0) is 14.2. The molecule has 3 rings (SSSR count). The van der Waals surface area contributed by atoms with Crippen LogP contribution in [0.1, 0.15) is 56.8 Å². The van der Waals surface area contributed by atoms with Crippen molar-refractivity contribution in [2.75, 3.05) is 6.54 Å². The van der Waals surface area contributed by atoms with Crippen LogP contribution in [0.15, 0.2) is 10.7 Å². The van der Waals surface area contributed by atoms with E-state index >= 15 is 0 Å². The monoisotopic (exact) mass is 278 g/mol. The summed E-state index contributed by atoms with van der Waals surface area (Å²) in [6.07, 6.45) is 8.83. The van der Waals surface area contributed by atoms with Gasteiger partial charge in [-0.05, 0) is 46.1 Å². The SMILES string of the molecule is Cc1oncc1CN1CCCC1C1CCCCC1(C)O. The highest BCUT2D eigenvalue weighted by Crippen LogP contribution is 2.41. The molecule has 1 aromatic heterocycles. The lowest BCUT2D eigenvalue weighted by Gasteiger charge is -2.43. The molecule has 1 saturated carbocycles. The summed E-state index contributed by atoms with van der Waals surface area (Å²) in [5, 5.41) is 14.6. The average Bonchev–Trinajstić information content (AvgIpc) is 3.00. The standard InChI is InChI=1S/C16H26N2O2/c1-12-13(10-17-20-12)11-18-9-5-7-15(18)14-6-3-4-8-16(14,2)19/h10,14-15,19H,3-9,11H2,1-2H3. The number of hydrogen-bond acceptors (Lipinski definition) is 4. The van der Waals surface area contributed by atoms with Crippen molar-refractivity contribution in [1.29, 1.82) is 0 Å². The first-order chi connectivity index (χ1) is 9.58. The lowest BCUT2D eigenvalue weighted by Crippen LogP contribution is -2.48. The summed E-state index contributed by atoms with van der Waals surface area (Å²) < 4.78 is 5.17. The number of rotatable bonds is 3. The van der Waals surface area contributed by atoms with Gasteiger partial charge in [0.25, 0.3) is 0 Å². The average molecular weight is 278 g/mol. The Hall–Kier alpha value is -0.870. The molecule has 1 aromatic rings. The minimum atomic E-state index is -0.491. The van der Waals surface area contributed by atoms with Crippen LogP contribution in [-0.4, -0.2) is 33.4 Å². The van der Waals surface area contributed by atoms with Crippen LogP contribution in [0.2, 0.25) is 0 Å². The lowest BCUT2D eigenvalue weighted by molar-refractivity contribution is -0.0628. The quantitative estimate of drug-likeness (QED) is 0.923. The van der Waals surface area contributed by atoms with Crippen LogP contribution in [-0.2, 0) is 6.54 Å². The molecule has 1 aliphatic heterocycles. The predicted molar refractivity (Wildman–Crippen MR) is 77.3 cm³/mol. The Labute approximate surface area is 121 Å². The van der Waals surface area contributed by atoms with Crippen molar-refractivity contribution in [1.82, 2.24) is 10.1 Å². The highest BCUT2D eigenvalue weighted by molar-refractivity contribution is 5.12. The van der Waals surface area contributed by atoms with Crippen LogP contribution in [0, 0.1) is 12.8 Å². The number of aryl methyl sites for hydroxylation is 1. The maximum absolute atomic E-state index is 10.7. The van der Waals surface area contributed by atoms with Crippen molar-refractivity contribution in [3.63, 3.8) is 0 Å². The fraction of sp³-hybridized carbons (Fsp3) is 0.812. The number of nitrogens with zero attached hydrogens (tertiary/aromatic N) is 2. The lowest BCUT2D eigenvalue weighted by atomic mass is 9.72. The second kappa shape index (κ2) is 5.49. The van der Waals surface area contributed by atoms with E-state index in [1.165, 1.54) is 31.2 Å². The second-order valence-electron chi connectivity index (χ2n) is 6.80. The number of hydrogen-bond donors (Lipinski definition) is 1. The Balaban J connectivity index is 1.73. The fourth-order valence-corrected chi connectivity index (χ4v) is 4.14. The van der Waals surface area contributed by atoms with Crippen LogP contribution in [0.25, 0.3) is 0 Å². The van der Waals surface area contributed by atoms with Crippen LogP contribution >= 0.6 is 0 Å². The molecule has 1 aliphatic carbocycles. The summed E-state index contributed by atoms with van der Waals surface area (Å²) in [4.78, 5) is 2.53. The van der Waals surface area contributed by atoms with E-state index in [9.17, 15) is 5.11 Å². The number of aromatic nitrogens is 1. The van der Waals surface area contributed by atoms with Gasteiger partial charge in [-0.2, -0.15) is 0 Å². The summed E-state index contributed by atoms with van der Waals surface area (Å²) >= 11 is 0. The molecule has 0 bridgehead atoms. The molecule has 2 fully saturated rings. The van der Waals surface area contributed by atoms with Gasteiger partial charge in [0, 0.05) is 24.1 Å². The third kappa shape index (κ3) is 2.63. The van der Waals surface area contributed by atoms with Gasteiger partial charge in [-0.15, -0.1) is 0 Å². The number of aliphatic hydroxyl groups is 1. The largest absolute Gasteiger partial charge is 0.390 e. The summed E-state index contributed by atoms with van der Waals surface area (Å²) in [5.74, 6) is 1.34. The van der Waals surface area contributed by atoms with Gasteiger partial charge < -0.3 is 9.63 Å². The molecule has 0 spiro atoms. The van der Waals surface area contributed by atoms with E-state index in [4.69, 9.17) is 4.52 Å². The van der Waals surface area contributed by atoms with E-state index in [0.717, 1.165) is 31.7 Å². The van der Waals surface area contributed by atoms with Crippen LogP contribution in [0.3, 0.4) is 0 Å². The summed E-state index contributed by atoms with van der Waals surface area (Å²) in [6, 6.07) is 0.514. The highest BCUT2D eigenvalue weighted by Gasteiger charge is 2.43. The molecule has 4 nitrogen and oxygen atoms in total. The van der Waals surface area contributed by atoms with Crippen LogP contribution < -0.4 is 0 Å². The van der Waals surface area contributed by atoms with E-state index in [-0.39, 0.29) is 0 Å². The molecular formula is C16H26N2O2. The Morgan fingerprint density at radius 2 is 2.25 bits per heavy atom. The fourth-order valence-electron chi connectivity index (χ4n) is 4.14. The summed E-state index contributed by atoms with van der Waals surface area (Å²) in [6.45, 7) is 6.05. The molecule has 0 amide bonds. The van der Waals surface area contributed by atoms with Gasteiger partial charge in [-0.1, -0.05) is 18.0 Å². The van der Waals surface area contributed by atoms with Crippen LogP contribution in [0.5, 0.6) is 0 Å². The zero-order valence-corrected chi connectivity index (χ0v) is 12.6. The molecule has 1 N–H and O–H groups in total. The Morgan fingerprint density at radius 1 is 1.40 bits per heavy atom. The molecule has 4 heteroatoms. The Bertz CT molecular complexity index is 455. The highest BCUT2D eigenvalue weighted by atomic mass is 16.5. The van der Waals surface area contributed by atoms with Gasteiger partial charge in [0.15, 0.2) is 0 Å². The first kappa shape index (κ1) is 14.1. The zero-order valence-electron chi connectivity index (χ0n) is 12.6. The minimum Gasteiger partial charge on any atom is -0.390 e. The molecule has 2 aliphatic rings. The van der Waals surface area contributed by atoms with Gasteiger partial charge in [0.05, 0.1) is 11.8 Å². The molecule has 1 saturated heterocycles. The molecule has 112 valence electrons. The van der Waals surface area contributed by atoms with E-state index in [2.05, 4.69) is 10.1 Å². The van der Waals surface area contributed by atoms with Gasteiger partial charge in [-0.25, -0.2) is 0 Å². The molecule has 3 unspecified atom stereocenters. The third-order valence-electron chi connectivity index (χ3n) is 5.35. The topological polar surface area (TPSA) is 49.5 Å². The Kier molecular flexibility index (Phi) is 3.87. The molecule has 2 heterocycles. The van der Waals surface area contributed by atoms with Crippen molar-refractivity contribution < 1.29 is 9.63 Å². The molecule has 0 radical (unpaired) electrons. The third-order valence-corrected chi connectivity index (χ3v) is 5.35. The van der Waals surface area contributed by atoms with Gasteiger partial charge in [0.2, 0.25) is 0 Å². The predicted octanol–water partition coefficient (Wildman–Crippen LogP) is 2.89. The first-order valence-corrected chi connectivity index (χ1v) is 7.94. The van der Waals surface area contributed by atoms with Crippen LogP contribution in [0.4, 0.5) is 0 Å². The summed E-state index contributed by atoms with van der Waals surface area (Å²) in [5.41, 5.74) is 0.696. The molecule has 3 atom stereocenters. The van der Waals surface area contributed by atoms with E-state index in [1.54, 1.807) is 0 Å².